The summed E-state index contributed by atoms with van der Waals surface area (Å²) in [7, 11) is 1.27. The minimum atomic E-state index is -0.852. The molecule has 1 atom stereocenters. The van der Waals surface area contributed by atoms with Crippen LogP contribution < -0.4 is 10.6 Å². The largest absolute Gasteiger partial charge is 0.467 e. The van der Waals surface area contributed by atoms with Crippen molar-refractivity contribution in [3.63, 3.8) is 0 Å². The van der Waals surface area contributed by atoms with Crippen molar-refractivity contribution in [2.45, 2.75) is 32.9 Å². The average molecular weight is 398 g/mol. The number of esters is 1. The zero-order valence-corrected chi connectivity index (χ0v) is 16.9. The Labute approximate surface area is 170 Å². The van der Waals surface area contributed by atoms with E-state index in [1.54, 1.807) is 0 Å². The molecular formula is C22H26N2O5. The van der Waals surface area contributed by atoms with Crippen molar-refractivity contribution in [1.82, 2.24) is 10.6 Å². The minimum Gasteiger partial charge on any atom is -0.467 e. The van der Waals surface area contributed by atoms with E-state index in [0.717, 1.165) is 22.3 Å². The number of aryl methyl sites for hydroxylation is 2. The number of amides is 2. The molecule has 7 nitrogen and oxygen atoms in total. The van der Waals surface area contributed by atoms with E-state index in [4.69, 9.17) is 9.47 Å². The molecule has 0 bridgehead atoms. The molecule has 2 amide bonds. The van der Waals surface area contributed by atoms with Crippen LogP contribution in [0.2, 0.25) is 0 Å². The minimum absolute atomic E-state index is 0.103. The van der Waals surface area contributed by atoms with Crippen LogP contribution in [0.1, 0.15) is 22.3 Å². The average Bonchev–Trinajstić information content (AvgIpc) is 2.72. The van der Waals surface area contributed by atoms with E-state index in [-0.39, 0.29) is 13.2 Å². The fourth-order valence-electron chi connectivity index (χ4n) is 2.88. The molecular weight excluding hydrogens is 372 g/mol. The monoisotopic (exact) mass is 398 g/mol. The molecule has 0 saturated heterocycles. The number of benzene rings is 2. The van der Waals surface area contributed by atoms with Gasteiger partial charge in [0.1, 0.15) is 19.2 Å². The topological polar surface area (TPSA) is 93.7 Å². The van der Waals surface area contributed by atoms with Crippen LogP contribution in [0.5, 0.6) is 0 Å². The molecule has 0 aliphatic heterocycles. The van der Waals surface area contributed by atoms with E-state index in [1.165, 1.54) is 7.11 Å². The third-order valence-electron chi connectivity index (χ3n) is 4.48. The molecule has 0 unspecified atom stereocenters. The summed E-state index contributed by atoms with van der Waals surface area (Å²) < 4.78 is 9.87. The van der Waals surface area contributed by atoms with Crippen LogP contribution in [-0.2, 0) is 32.1 Å². The van der Waals surface area contributed by atoms with Crippen molar-refractivity contribution >= 4 is 18.0 Å². The van der Waals surface area contributed by atoms with Crippen LogP contribution in [0.15, 0.2) is 48.5 Å². The maximum atomic E-state index is 12.2. The zero-order valence-electron chi connectivity index (χ0n) is 16.9. The third-order valence-corrected chi connectivity index (χ3v) is 4.48. The van der Waals surface area contributed by atoms with Crippen LogP contribution in [0.3, 0.4) is 0 Å². The molecule has 0 fully saturated rings. The van der Waals surface area contributed by atoms with Crippen molar-refractivity contribution in [3.8, 4) is 0 Å². The first-order valence-corrected chi connectivity index (χ1v) is 9.27. The van der Waals surface area contributed by atoms with Gasteiger partial charge >= 0.3 is 12.1 Å². The highest BCUT2D eigenvalue weighted by Crippen LogP contribution is 2.16. The molecule has 0 aliphatic carbocycles. The predicted molar refractivity (Wildman–Crippen MR) is 108 cm³/mol. The van der Waals surface area contributed by atoms with Crippen LogP contribution in [0.25, 0.3) is 0 Å². The molecule has 2 aromatic carbocycles. The Balaban J connectivity index is 1.87. The Hall–Kier alpha value is -3.35. The molecule has 0 aromatic heterocycles. The summed E-state index contributed by atoms with van der Waals surface area (Å²) in [5.41, 5.74) is 3.86. The van der Waals surface area contributed by atoms with Gasteiger partial charge in [-0.15, -0.1) is 0 Å². The van der Waals surface area contributed by atoms with Gasteiger partial charge in [0.15, 0.2) is 0 Å². The van der Waals surface area contributed by atoms with E-state index in [2.05, 4.69) is 10.6 Å². The predicted octanol–water partition coefficient (Wildman–Crippen LogP) is 2.43. The standard InChI is InChI=1S/C22H26N2O5/c1-15-8-7-9-16(2)18(15)12-19(21(26)28-3)24-20(25)13-23-22(27)29-14-17-10-5-4-6-11-17/h4-11,19H,12-14H2,1-3H3,(H,23,27)(H,24,25)/t19-/m0/s1. The maximum Gasteiger partial charge on any atom is 0.407 e. The zero-order chi connectivity index (χ0) is 21.2. The lowest BCUT2D eigenvalue weighted by Gasteiger charge is -2.19. The summed E-state index contributed by atoms with van der Waals surface area (Å²) in [6, 6.07) is 14.2. The van der Waals surface area contributed by atoms with Crippen molar-refractivity contribution in [2.24, 2.45) is 0 Å². The van der Waals surface area contributed by atoms with Gasteiger partial charge in [-0.05, 0) is 36.1 Å². The van der Waals surface area contributed by atoms with Gasteiger partial charge in [-0.25, -0.2) is 9.59 Å². The number of nitrogens with one attached hydrogen (secondary N) is 2. The SMILES string of the molecule is COC(=O)[C@H](Cc1c(C)cccc1C)NC(=O)CNC(=O)OCc1ccccc1. The molecule has 29 heavy (non-hydrogen) atoms. The number of carbonyl (C=O) groups is 3. The second-order valence-electron chi connectivity index (χ2n) is 6.63. The number of hydrogen-bond acceptors (Lipinski definition) is 5. The highest BCUT2D eigenvalue weighted by Gasteiger charge is 2.23. The molecule has 2 rings (SSSR count). The number of alkyl carbamates (subject to hydrolysis) is 1. The quantitative estimate of drug-likeness (QED) is 0.666. The van der Waals surface area contributed by atoms with E-state index in [0.29, 0.717) is 6.42 Å². The van der Waals surface area contributed by atoms with Gasteiger partial charge in [0.05, 0.1) is 7.11 Å². The van der Waals surface area contributed by atoms with Gasteiger partial charge in [-0.1, -0.05) is 48.5 Å². The van der Waals surface area contributed by atoms with Crippen LogP contribution in [-0.4, -0.2) is 37.7 Å². The first-order chi connectivity index (χ1) is 13.9. The summed E-state index contributed by atoms with van der Waals surface area (Å²) in [4.78, 5) is 36.1. The molecule has 7 heteroatoms. The lowest BCUT2D eigenvalue weighted by Crippen LogP contribution is -2.47. The van der Waals surface area contributed by atoms with Gasteiger partial charge in [0, 0.05) is 6.42 Å². The lowest BCUT2D eigenvalue weighted by molar-refractivity contribution is -0.144. The van der Waals surface area contributed by atoms with Gasteiger partial charge in [-0.3, -0.25) is 4.79 Å². The van der Waals surface area contributed by atoms with Gasteiger partial charge < -0.3 is 20.1 Å². The molecule has 2 N–H and O–H groups in total. The Kier molecular flexibility index (Phi) is 8.21. The summed E-state index contributed by atoms with van der Waals surface area (Å²) in [5.74, 6) is -1.06. The van der Waals surface area contributed by atoms with Crippen molar-refractivity contribution < 1.29 is 23.9 Å². The van der Waals surface area contributed by atoms with E-state index in [9.17, 15) is 14.4 Å². The molecule has 0 saturated carbocycles. The summed E-state index contributed by atoms with van der Waals surface area (Å²) >= 11 is 0. The Morgan fingerprint density at radius 2 is 1.62 bits per heavy atom. The normalized spacial score (nSPS) is 11.3. The number of ether oxygens (including phenoxy) is 2. The number of hydrogen-bond donors (Lipinski definition) is 2. The van der Waals surface area contributed by atoms with Crippen LogP contribution in [0, 0.1) is 13.8 Å². The highest BCUT2D eigenvalue weighted by atomic mass is 16.5. The molecule has 0 heterocycles. The summed E-state index contributed by atoms with van der Waals surface area (Å²) in [5, 5.41) is 4.99. The van der Waals surface area contributed by atoms with Crippen molar-refractivity contribution in [1.29, 1.82) is 0 Å². The van der Waals surface area contributed by atoms with Crippen LogP contribution >= 0.6 is 0 Å². The first-order valence-electron chi connectivity index (χ1n) is 9.27. The third kappa shape index (κ3) is 6.95. The Morgan fingerprint density at radius 3 is 2.24 bits per heavy atom. The summed E-state index contributed by atoms with van der Waals surface area (Å²) in [6.45, 7) is 3.69. The second-order valence-corrected chi connectivity index (χ2v) is 6.63. The molecule has 0 spiro atoms. The van der Waals surface area contributed by atoms with Gasteiger partial charge in [-0.2, -0.15) is 0 Å². The van der Waals surface area contributed by atoms with E-state index in [1.807, 2.05) is 62.4 Å². The smallest absolute Gasteiger partial charge is 0.407 e. The van der Waals surface area contributed by atoms with E-state index >= 15 is 0 Å². The number of rotatable bonds is 8. The fourth-order valence-corrected chi connectivity index (χ4v) is 2.88. The lowest BCUT2D eigenvalue weighted by atomic mass is 9.96. The van der Waals surface area contributed by atoms with Gasteiger partial charge in [0.25, 0.3) is 0 Å². The molecule has 154 valence electrons. The fraction of sp³-hybridized carbons (Fsp3) is 0.318. The highest BCUT2D eigenvalue weighted by molar-refractivity contribution is 5.87. The van der Waals surface area contributed by atoms with Crippen LogP contribution in [0.4, 0.5) is 4.79 Å². The Bertz CT molecular complexity index is 831. The first kappa shape index (κ1) is 21.9. The summed E-state index contributed by atoms with van der Waals surface area (Å²) in [6.07, 6.45) is -0.414. The molecule has 0 aliphatic rings. The Morgan fingerprint density at radius 1 is 0.966 bits per heavy atom. The molecule has 2 aromatic rings. The second kappa shape index (κ2) is 10.8. The number of carbonyl (C=O) groups excluding carboxylic acids is 3. The number of methoxy groups -OCH3 is 1. The van der Waals surface area contributed by atoms with Gasteiger partial charge in [0.2, 0.25) is 5.91 Å². The van der Waals surface area contributed by atoms with Crippen molar-refractivity contribution in [3.05, 3.63) is 70.8 Å². The van der Waals surface area contributed by atoms with E-state index < -0.39 is 24.0 Å². The van der Waals surface area contributed by atoms with Crippen molar-refractivity contribution in [2.75, 3.05) is 13.7 Å². The molecule has 0 radical (unpaired) electrons. The maximum absolute atomic E-state index is 12.2.